The zero-order valence-electron chi connectivity index (χ0n) is 9.66. The van der Waals surface area contributed by atoms with E-state index in [1.807, 2.05) is 13.0 Å². The summed E-state index contributed by atoms with van der Waals surface area (Å²) < 4.78 is 25.9. The van der Waals surface area contributed by atoms with Crippen molar-refractivity contribution in [1.29, 1.82) is 0 Å². The first-order valence-corrected chi connectivity index (χ1v) is 6.87. The molecule has 0 unspecified atom stereocenters. The Labute approximate surface area is 97.1 Å². The van der Waals surface area contributed by atoms with Crippen molar-refractivity contribution in [3.8, 4) is 0 Å². The molecule has 2 N–H and O–H groups in total. The van der Waals surface area contributed by atoms with Crippen LogP contribution in [0.15, 0.2) is 29.2 Å². The quantitative estimate of drug-likeness (QED) is 0.785. The van der Waals surface area contributed by atoms with Crippen LogP contribution in [0.1, 0.15) is 19.4 Å². The molecule has 0 saturated heterocycles. The van der Waals surface area contributed by atoms with Crippen LogP contribution in [0.25, 0.3) is 0 Å². The lowest BCUT2D eigenvalue weighted by molar-refractivity contribution is 0.583. The van der Waals surface area contributed by atoms with Gasteiger partial charge >= 0.3 is 0 Å². The van der Waals surface area contributed by atoms with Gasteiger partial charge in [-0.25, -0.2) is 13.1 Å². The minimum atomic E-state index is -3.34. The van der Waals surface area contributed by atoms with Gasteiger partial charge in [0.2, 0.25) is 10.0 Å². The number of sulfonamides is 1. The molecule has 0 aliphatic rings. The van der Waals surface area contributed by atoms with Crippen LogP contribution in [-0.4, -0.2) is 21.5 Å². The Morgan fingerprint density at radius 2 is 1.94 bits per heavy atom. The summed E-state index contributed by atoms with van der Waals surface area (Å²) in [5.74, 6) is 0. The van der Waals surface area contributed by atoms with E-state index in [1.165, 1.54) is 0 Å². The van der Waals surface area contributed by atoms with Crippen LogP contribution in [0.5, 0.6) is 0 Å². The molecule has 0 fully saturated rings. The summed E-state index contributed by atoms with van der Waals surface area (Å²) in [5, 5.41) is 3.16. The fourth-order valence-corrected chi connectivity index (χ4v) is 2.48. The van der Waals surface area contributed by atoms with Crippen LogP contribution in [-0.2, 0) is 16.6 Å². The highest BCUT2D eigenvalue weighted by molar-refractivity contribution is 7.89. The summed E-state index contributed by atoms with van der Waals surface area (Å²) in [4.78, 5) is 0.324. The van der Waals surface area contributed by atoms with Crippen molar-refractivity contribution in [2.75, 3.05) is 13.1 Å². The van der Waals surface area contributed by atoms with Crippen molar-refractivity contribution in [3.63, 3.8) is 0 Å². The van der Waals surface area contributed by atoms with E-state index in [9.17, 15) is 8.42 Å². The average molecular weight is 242 g/mol. The number of hydrogen-bond acceptors (Lipinski definition) is 3. The second kappa shape index (κ2) is 5.98. The van der Waals surface area contributed by atoms with E-state index in [0.717, 1.165) is 12.1 Å². The molecule has 5 heteroatoms. The smallest absolute Gasteiger partial charge is 0.240 e. The normalized spacial score (nSPS) is 11.6. The second-order valence-corrected chi connectivity index (χ2v) is 5.20. The molecule has 0 spiro atoms. The zero-order chi connectivity index (χ0) is 12.0. The largest absolute Gasteiger partial charge is 0.313 e. The maximum absolute atomic E-state index is 11.7. The van der Waals surface area contributed by atoms with Gasteiger partial charge in [0.05, 0.1) is 4.90 Å². The predicted octanol–water partition coefficient (Wildman–Crippen LogP) is 1.09. The first kappa shape index (κ1) is 13.2. The van der Waals surface area contributed by atoms with Gasteiger partial charge in [-0.1, -0.05) is 26.0 Å². The van der Waals surface area contributed by atoms with E-state index >= 15 is 0 Å². The minimum Gasteiger partial charge on any atom is -0.313 e. The average Bonchev–Trinajstić information content (AvgIpc) is 2.27. The zero-order valence-corrected chi connectivity index (χ0v) is 10.5. The van der Waals surface area contributed by atoms with Crippen molar-refractivity contribution in [2.45, 2.75) is 25.3 Å². The Bertz CT molecular complexity index is 429. The second-order valence-electron chi connectivity index (χ2n) is 3.43. The van der Waals surface area contributed by atoms with Gasteiger partial charge in [-0.05, 0) is 24.2 Å². The van der Waals surface area contributed by atoms with Gasteiger partial charge in [-0.3, -0.25) is 0 Å². The van der Waals surface area contributed by atoms with Crippen molar-refractivity contribution in [3.05, 3.63) is 29.8 Å². The van der Waals surface area contributed by atoms with E-state index in [-0.39, 0.29) is 0 Å². The lowest BCUT2D eigenvalue weighted by Crippen LogP contribution is -2.23. The summed E-state index contributed by atoms with van der Waals surface area (Å²) in [7, 11) is -3.34. The summed E-state index contributed by atoms with van der Waals surface area (Å²) in [5.41, 5.74) is 0.973. The lowest BCUT2D eigenvalue weighted by Gasteiger charge is -2.07. The highest BCUT2D eigenvalue weighted by atomic mass is 32.2. The molecule has 0 atom stereocenters. The molecule has 0 aliphatic carbocycles. The molecule has 1 aromatic rings. The van der Waals surface area contributed by atoms with Crippen molar-refractivity contribution < 1.29 is 8.42 Å². The number of hydrogen-bond donors (Lipinski definition) is 2. The summed E-state index contributed by atoms with van der Waals surface area (Å²) in [6, 6.07) is 6.97. The molecule has 0 heterocycles. The summed E-state index contributed by atoms with van der Waals surface area (Å²) in [6.45, 7) is 5.73. The van der Waals surface area contributed by atoms with Crippen molar-refractivity contribution in [2.24, 2.45) is 0 Å². The Morgan fingerprint density at radius 3 is 2.56 bits per heavy atom. The van der Waals surface area contributed by atoms with Gasteiger partial charge in [0.25, 0.3) is 0 Å². The van der Waals surface area contributed by atoms with Crippen LogP contribution >= 0.6 is 0 Å². The molecule has 4 nitrogen and oxygen atoms in total. The molecule has 0 amide bonds. The number of benzene rings is 1. The van der Waals surface area contributed by atoms with Crippen LogP contribution in [0.3, 0.4) is 0 Å². The first-order chi connectivity index (χ1) is 7.60. The summed E-state index contributed by atoms with van der Waals surface area (Å²) >= 11 is 0. The van der Waals surface area contributed by atoms with Gasteiger partial charge in [-0.15, -0.1) is 0 Å². The lowest BCUT2D eigenvalue weighted by atomic mass is 10.2. The van der Waals surface area contributed by atoms with Gasteiger partial charge in [-0.2, -0.15) is 0 Å². The van der Waals surface area contributed by atoms with Crippen molar-refractivity contribution in [1.82, 2.24) is 10.0 Å². The first-order valence-electron chi connectivity index (χ1n) is 5.39. The van der Waals surface area contributed by atoms with Crippen LogP contribution in [0.2, 0.25) is 0 Å². The number of nitrogens with one attached hydrogen (secondary N) is 2. The van der Waals surface area contributed by atoms with Gasteiger partial charge in [0, 0.05) is 13.1 Å². The fourth-order valence-electron chi connectivity index (χ4n) is 1.37. The third kappa shape index (κ3) is 3.59. The highest BCUT2D eigenvalue weighted by Gasteiger charge is 2.12. The molecular formula is C11H18N2O2S. The Balaban J connectivity index is 2.89. The van der Waals surface area contributed by atoms with E-state index in [1.54, 1.807) is 25.1 Å². The molecule has 0 saturated carbocycles. The molecule has 90 valence electrons. The number of rotatable bonds is 6. The third-order valence-electron chi connectivity index (χ3n) is 2.12. The Morgan fingerprint density at radius 1 is 1.19 bits per heavy atom. The maximum Gasteiger partial charge on any atom is 0.240 e. The third-order valence-corrected chi connectivity index (χ3v) is 3.67. The molecule has 1 rings (SSSR count). The fraction of sp³-hybridized carbons (Fsp3) is 0.455. The van der Waals surface area contributed by atoms with E-state index < -0.39 is 10.0 Å². The Kier molecular flexibility index (Phi) is 4.92. The van der Waals surface area contributed by atoms with E-state index in [4.69, 9.17) is 0 Å². The van der Waals surface area contributed by atoms with Crippen LogP contribution in [0.4, 0.5) is 0 Å². The minimum absolute atomic E-state index is 0.324. The monoisotopic (exact) mass is 242 g/mol. The predicted molar refractivity (Wildman–Crippen MR) is 64.7 cm³/mol. The highest BCUT2D eigenvalue weighted by Crippen LogP contribution is 2.11. The molecule has 0 aliphatic heterocycles. The molecule has 16 heavy (non-hydrogen) atoms. The summed E-state index contributed by atoms with van der Waals surface area (Å²) in [6.07, 6.45) is 0. The molecule has 1 aromatic carbocycles. The van der Waals surface area contributed by atoms with E-state index in [2.05, 4.69) is 10.0 Å². The van der Waals surface area contributed by atoms with E-state index in [0.29, 0.717) is 18.0 Å². The van der Waals surface area contributed by atoms with Gasteiger partial charge in [0.1, 0.15) is 0 Å². The topological polar surface area (TPSA) is 58.2 Å². The maximum atomic E-state index is 11.7. The van der Waals surface area contributed by atoms with Gasteiger partial charge in [0.15, 0.2) is 0 Å². The molecule has 0 aromatic heterocycles. The molecule has 0 radical (unpaired) electrons. The van der Waals surface area contributed by atoms with Crippen molar-refractivity contribution >= 4 is 10.0 Å². The SMILES string of the molecule is CCNCc1cccc(S(=O)(=O)NCC)c1. The Hall–Kier alpha value is -0.910. The van der Waals surface area contributed by atoms with Crippen LogP contribution in [0, 0.1) is 0 Å². The molecule has 0 bridgehead atoms. The van der Waals surface area contributed by atoms with Crippen LogP contribution < -0.4 is 10.0 Å². The standard InChI is InChI=1S/C11H18N2O2S/c1-3-12-9-10-6-5-7-11(8-10)16(14,15)13-4-2/h5-8,12-13H,3-4,9H2,1-2H3. The molecular weight excluding hydrogens is 224 g/mol. The van der Waals surface area contributed by atoms with Gasteiger partial charge < -0.3 is 5.32 Å².